The summed E-state index contributed by atoms with van der Waals surface area (Å²) in [5.74, 6) is -0.299. The van der Waals surface area contributed by atoms with Gasteiger partial charge in [-0.15, -0.1) is 0 Å². The number of primary amides is 1. The molecular weight excluding hydrogens is 364 g/mol. The number of nitrogens with one attached hydrogen (secondary N) is 1. The lowest BCUT2D eigenvalue weighted by Crippen LogP contribution is -2.15. The van der Waals surface area contributed by atoms with E-state index in [0.29, 0.717) is 12.8 Å². The Balaban J connectivity index is 1.95. The molecule has 3 N–H and O–H groups in total. The van der Waals surface area contributed by atoms with Crippen molar-refractivity contribution in [2.45, 2.75) is 25.7 Å². The summed E-state index contributed by atoms with van der Waals surface area (Å²) >= 11 is 4.98. The predicted molar refractivity (Wildman–Crippen MR) is 93.0 cm³/mol. The average molecular weight is 381 g/mol. The molecule has 0 aliphatic carbocycles. The lowest BCUT2D eigenvalue weighted by Gasteiger charge is -2.11. The number of rotatable bonds is 6. The second-order valence-electron chi connectivity index (χ2n) is 5.16. The van der Waals surface area contributed by atoms with Gasteiger partial charge in [-0.05, 0) is 50.5 Å². The lowest BCUT2D eigenvalue weighted by atomic mass is 9.97. The van der Waals surface area contributed by atoms with Crippen LogP contribution >= 0.6 is 27.3 Å². The molecule has 1 aromatic carbocycles. The third-order valence-electron chi connectivity index (χ3n) is 3.31. The molecule has 0 aliphatic rings. The summed E-state index contributed by atoms with van der Waals surface area (Å²) in [6.45, 7) is 1.95. The minimum Gasteiger partial charge on any atom is -0.370 e. The van der Waals surface area contributed by atoms with Crippen LogP contribution in [0.2, 0.25) is 0 Å². The van der Waals surface area contributed by atoms with Crippen LogP contribution in [0.1, 0.15) is 30.4 Å². The van der Waals surface area contributed by atoms with Crippen LogP contribution in [0.4, 0.5) is 5.69 Å². The van der Waals surface area contributed by atoms with Gasteiger partial charge in [0.1, 0.15) is 0 Å². The van der Waals surface area contributed by atoms with E-state index in [1.807, 2.05) is 41.9 Å². The Labute approximate surface area is 141 Å². The van der Waals surface area contributed by atoms with Gasteiger partial charge >= 0.3 is 0 Å². The van der Waals surface area contributed by atoms with Crippen molar-refractivity contribution in [3.05, 3.63) is 50.6 Å². The van der Waals surface area contributed by atoms with Crippen molar-refractivity contribution in [3.63, 3.8) is 0 Å². The number of nitrogens with two attached hydrogens (primary N) is 1. The van der Waals surface area contributed by atoms with E-state index < -0.39 is 0 Å². The van der Waals surface area contributed by atoms with Crippen molar-refractivity contribution < 1.29 is 9.59 Å². The summed E-state index contributed by atoms with van der Waals surface area (Å²) in [7, 11) is 0. The van der Waals surface area contributed by atoms with Crippen LogP contribution in [-0.4, -0.2) is 11.8 Å². The van der Waals surface area contributed by atoms with E-state index >= 15 is 0 Å². The number of thiophene rings is 1. The fourth-order valence-corrected chi connectivity index (χ4v) is 3.57. The second-order valence-corrected chi connectivity index (χ2v) is 6.76. The first-order valence-electron chi connectivity index (χ1n) is 6.84. The molecule has 1 atom stereocenters. The van der Waals surface area contributed by atoms with Gasteiger partial charge in [0.2, 0.25) is 11.8 Å². The molecule has 0 fully saturated rings. The minimum atomic E-state index is -0.314. The number of halogens is 1. The summed E-state index contributed by atoms with van der Waals surface area (Å²) in [6.07, 6.45) is 0.655. The molecule has 0 saturated carbocycles. The molecule has 0 aliphatic heterocycles. The Morgan fingerprint density at radius 2 is 1.95 bits per heavy atom. The molecule has 0 saturated heterocycles. The molecule has 0 spiro atoms. The van der Waals surface area contributed by atoms with Crippen LogP contribution in [0.25, 0.3) is 0 Å². The molecule has 0 radical (unpaired) electrons. The van der Waals surface area contributed by atoms with Gasteiger partial charge in [0, 0.05) is 22.0 Å². The number of hydrogen-bond donors (Lipinski definition) is 2. The maximum absolute atomic E-state index is 12.0. The highest BCUT2D eigenvalue weighted by Crippen LogP contribution is 2.23. The Hall–Kier alpha value is -1.66. The van der Waals surface area contributed by atoms with Crippen molar-refractivity contribution in [2.75, 3.05) is 5.32 Å². The summed E-state index contributed by atoms with van der Waals surface area (Å²) in [6, 6.07) is 7.49. The van der Waals surface area contributed by atoms with E-state index in [4.69, 9.17) is 5.73 Å². The zero-order valence-electron chi connectivity index (χ0n) is 12.1. The Morgan fingerprint density at radius 3 is 2.50 bits per heavy atom. The quantitative estimate of drug-likeness (QED) is 0.802. The number of carbonyl (C=O) groups excluding carboxylic acids is 2. The minimum absolute atomic E-state index is 0.0583. The van der Waals surface area contributed by atoms with E-state index in [1.165, 1.54) is 0 Å². The van der Waals surface area contributed by atoms with Crippen LogP contribution in [0.3, 0.4) is 0 Å². The molecule has 22 heavy (non-hydrogen) atoms. The number of carbonyl (C=O) groups is 2. The van der Waals surface area contributed by atoms with Crippen molar-refractivity contribution in [3.8, 4) is 0 Å². The van der Waals surface area contributed by atoms with E-state index in [2.05, 4.69) is 21.2 Å². The third-order valence-corrected chi connectivity index (χ3v) is 5.14. The highest BCUT2D eigenvalue weighted by molar-refractivity contribution is 9.10. The summed E-state index contributed by atoms with van der Waals surface area (Å²) in [5.41, 5.74) is 7.95. The molecule has 2 amide bonds. The summed E-state index contributed by atoms with van der Waals surface area (Å²) < 4.78 is 0.961. The molecule has 1 heterocycles. The molecule has 116 valence electrons. The van der Waals surface area contributed by atoms with E-state index in [-0.39, 0.29) is 17.7 Å². The predicted octanol–water partition coefficient (Wildman–Crippen LogP) is 3.67. The van der Waals surface area contributed by atoms with E-state index in [9.17, 15) is 9.59 Å². The first-order valence-corrected chi connectivity index (χ1v) is 8.58. The number of anilines is 1. The molecule has 1 unspecified atom stereocenters. The van der Waals surface area contributed by atoms with Crippen molar-refractivity contribution in [1.82, 2.24) is 0 Å². The fourth-order valence-electron chi connectivity index (χ4n) is 2.13. The topological polar surface area (TPSA) is 72.2 Å². The van der Waals surface area contributed by atoms with Gasteiger partial charge in [0.25, 0.3) is 0 Å². The first kappa shape index (κ1) is 16.7. The van der Waals surface area contributed by atoms with Gasteiger partial charge < -0.3 is 11.1 Å². The smallest absolute Gasteiger partial charge is 0.228 e. The monoisotopic (exact) mass is 380 g/mol. The fraction of sp³-hybridized carbons (Fsp3) is 0.250. The molecule has 0 bridgehead atoms. The normalized spacial score (nSPS) is 11.9. The van der Waals surface area contributed by atoms with Crippen molar-refractivity contribution in [1.29, 1.82) is 0 Å². The molecule has 6 heteroatoms. The maximum Gasteiger partial charge on any atom is 0.228 e. The SMILES string of the molecule is CC(CC(N)=O)c1ccc(NC(=O)Cc2cscc2Br)cc1. The standard InChI is InChI=1S/C16H17BrN2O2S/c1-10(6-15(18)20)11-2-4-13(5-3-11)19-16(21)7-12-8-22-9-14(12)17/h2-5,8-10H,6-7H2,1H3,(H2,18,20)(H,19,21). The number of benzene rings is 1. The van der Waals surface area contributed by atoms with Gasteiger partial charge in [-0.25, -0.2) is 0 Å². The summed E-state index contributed by atoms with van der Waals surface area (Å²) in [4.78, 5) is 22.9. The van der Waals surface area contributed by atoms with Crippen LogP contribution in [0, 0.1) is 0 Å². The van der Waals surface area contributed by atoms with Gasteiger partial charge in [-0.2, -0.15) is 11.3 Å². The van der Waals surface area contributed by atoms with Crippen molar-refractivity contribution >= 4 is 44.8 Å². The van der Waals surface area contributed by atoms with Gasteiger partial charge in [0.15, 0.2) is 0 Å². The summed E-state index contributed by atoms with van der Waals surface area (Å²) in [5, 5.41) is 6.78. The van der Waals surface area contributed by atoms with Gasteiger partial charge in [-0.1, -0.05) is 19.1 Å². The first-order chi connectivity index (χ1) is 10.5. The average Bonchev–Trinajstić information content (AvgIpc) is 2.84. The largest absolute Gasteiger partial charge is 0.370 e. The highest BCUT2D eigenvalue weighted by atomic mass is 79.9. The lowest BCUT2D eigenvalue weighted by molar-refractivity contribution is -0.118. The van der Waals surface area contributed by atoms with Gasteiger partial charge in [0.05, 0.1) is 6.42 Å². The van der Waals surface area contributed by atoms with Crippen LogP contribution < -0.4 is 11.1 Å². The molecular formula is C16H17BrN2O2S. The number of amides is 2. The van der Waals surface area contributed by atoms with E-state index in [1.54, 1.807) is 11.3 Å². The van der Waals surface area contributed by atoms with E-state index in [0.717, 1.165) is 21.3 Å². The molecule has 1 aromatic heterocycles. The Kier molecular flexibility index (Phi) is 5.74. The number of hydrogen-bond acceptors (Lipinski definition) is 3. The highest BCUT2D eigenvalue weighted by Gasteiger charge is 2.10. The Morgan fingerprint density at radius 1 is 1.27 bits per heavy atom. The van der Waals surface area contributed by atoms with Gasteiger partial charge in [-0.3, -0.25) is 9.59 Å². The van der Waals surface area contributed by atoms with Crippen molar-refractivity contribution in [2.24, 2.45) is 5.73 Å². The second kappa shape index (κ2) is 7.56. The molecule has 2 aromatic rings. The van der Waals surface area contributed by atoms with Crippen LogP contribution in [-0.2, 0) is 16.0 Å². The van der Waals surface area contributed by atoms with Crippen LogP contribution in [0.15, 0.2) is 39.5 Å². The van der Waals surface area contributed by atoms with Crippen LogP contribution in [0.5, 0.6) is 0 Å². The Bertz CT molecular complexity index is 667. The zero-order valence-corrected chi connectivity index (χ0v) is 14.5. The molecule has 2 rings (SSSR count). The third kappa shape index (κ3) is 4.68. The maximum atomic E-state index is 12.0. The zero-order chi connectivity index (χ0) is 16.1. The molecule has 4 nitrogen and oxygen atoms in total.